The fraction of sp³-hybridized carbons (Fsp3) is 0.0735. The van der Waals surface area contributed by atoms with Crippen LogP contribution >= 0.6 is 57.7 Å². The number of halogens is 21. The van der Waals surface area contributed by atoms with Crippen LogP contribution in [0.3, 0.4) is 0 Å². The van der Waals surface area contributed by atoms with E-state index in [0.717, 1.165) is 105 Å². The van der Waals surface area contributed by atoms with Crippen LogP contribution in [0, 0.1) is 105 Å². The number of aromatic nitrogens is 3. The Bertz CT molecular complexity index is 5700. The molecule has 3 heterocycles. The zero-order chi connectivity index (χ0) is 79.6. The molecule has 0 saturated carbocycles. The first-order valence-electron chi connectivity index (χ1n) is 28.6. The Hall–Kier alpha value is -10.1. The molecule has 0 fully saturated rings. The van der Waals surface area contributed by atoms with Gasteiger partial charge in [-0.2, -0.15) is 61.5 Å². The monoisotopic (exact) mass is 1840 g/mol. The van der Waals surface area contributed by atoms with Gasteiger partial charge in [0.2, 0.25) is 105 Å². The van der Waals surface area contributed by atoms with Crippen molar-refractivity contribution in [2.75, 3.05) is 21.3 Å². The molecular weight excluding hydrogens is 1810 g/mol. The number of hydrogen-bond donors (Lipinski definition) is 0. The Balaban J connectivity index is 0.000000228. The van der Waals surface area contributed by atoms with Gasteiger partial charge in [-0.05, 0) is 139 Å². The third kappa shape index (κ3) is 16.8. The van der Waals surface area contributed by atoms with Gasteiger partial charge in [0.15, 0.2) is 0 Å². The van der Waals surface area contributed by atoms with E-state index in [1.807, 2.05) is 0 Å². The second kappa shape index (κ2) is 33.8. The van der Waals surface area contributed by atoms with E-state index in [1.54, 1.807) is 0 Å². The van der Waals surface area contributed by atoms with Crippen molar-refractivity contribution >= 4 is 121 Å². The molecule has 18 nitrogen and oxygen atoms in total. The number of fused-ring (bicyclic) bond motifs is 3. The second-order valence-corrected chi connectivity index (χ2v) is 28.5. The van der Waals surface area contributed by atoms with Crippen molar-refractivity contribution in [2.45, 2.75) is 29.5 Å². The lowest BCUT2D eigenvalue weighted by atomic mass is 10.2. The van der Waals surface area contributed by atoms with Crippen molar-refractivity contribution in [3.05, 3.63) is 277 Å². The minimum Gasteiger partial charge on any atom is -0.495 e. The fourth-order valence-corrected chi connectivity index (χ4v) is 13.8. The molecule has 3 aromatic heterocycles. The summed E-state index contributed by atoms with van der Waals surface area (Å²) in [6.45, 7) is 0. The van der Waals surface area contributed by atoms with Crippen molar-refractivity contribution in [3.63, 3.8) is 0 Å². The van der Waals surface area contributed by atoms with E-state index in [9.17, 15) is 119 Å². The van der Waals surface area contributed by atoms with E-state index in [1.165, 1.54) is 57.7 Å². The summed E-state index contributed by atoms with van der Waals surface area (Å²) in [5, 5.41) is 0.172. The molecule has 111 heavy (non-hydrogen) atoms. The smallest absolute Gasteiger partial charge is 0.339 e. The van der Waals surface area contributed by atoms with Gasteiger partial charge >= 0.3 is 30.4 Å². The molecule has 0 N–H and O–H groups in total. The fourth-order valence-electron chi connectivity index (χ4n) is 9.90. The summed E-state index contributed by atoms with van der Waals surface area (Å²) in [5.74, 6) is -44.6. The van der Waals surface area contributed by atoms with Crippen LogP contribution in [0.1, 0.15) is 14.9 Å². The summed E-state index contributed by atoms with van der Waals surface area (Å²) in [6, 6.07) is 22.2. The number of pyridine rings is 3. The van der Waals surface area contributed by atoms with Gasteiger partial charge in [0.25, 0.3) is 16.7 Å². The van der Waals surface area contributed by atoms with E-state index < -0.39 is 184 Å². The molecule has 0 radical (unpaired) electrons. The lowest BCUT2D eigenvalue weighted by Gasteiger charge is -2.15. The number of hydrogen-bond acceptors (Lipinski definition) is 15. The minimum atomic E-state index is -5.12. The van der Waals surface area contributed by atoms with Gasteiger partial charge in [-0.1, -0.05) is 14.9 Å². The van der Waals surface area contributed by atoms with Crippen LogP contribution in [-0.4, -0.2) is 60.3 Å². The molecule has 0 bridgehead atoms. The van der Waals surface area contributed by atoms with Gasteiger partial charge in [0.05, 0.1) is 68.4 Å². The van der Waals surface area contributed by atoms with Gasteiger partial charge in [0.1, 0.15) is 49.4 Å². The lowest BCUT2D eigenvalue weighted by Crippen LogP contribution is -2.19. The molecular formula is C68H41Br3F18N3O15PS3. The van der Waals surface area contributed by atoms with Crippen molar-refractivity contribution < 1.29 is 131 Å². The number of nitrogens with zero attached hydrogens (tertiary/aromatic N) is 3. The zero-order valence-electron chi connectivity index (χ0n) is 53.5. The van der Waals surface area contributed by atoms with Gasteiger partial charge in [-0.15, -0.1) is 0 Å². The summed E-state index contributed by atoms with van der Waals surface area (Å²) in [4.78, 5) is 35.7. The van der Waals surface area contributed by atoms with Crippen LogP contribution in [0.25, 0.3) is 49.8 Å². The lowest BCUT2D eigenvalue weighted by molar-refractivity contribution is 0.346. The molecule has 12 aromatic rings. The molecule has 0 spiro atoms. The van der Waals surface area contributed by atoms with Gasteiger partial charge in [-0.3, -0.25) is 28.1 Å². The largest absolute Gasteiger partial charge is 0.495 e. The van der Waals surface area contributed by atoms with Crippen molar-refractivity contribution in [3.8, 4) is 51.6 Å². The average Bonchev–Trinajstić information content (AvgIpc) is 0.783. The third-order valence-corrected chi connectivity index (χ3v) is 20.4. The number of methoxy groups -OCH3 is 3. The van der Waals surface area contributed by atoms with Crippen molar-refractivity contribution in [1.82, 2.24) is 13.7 Å². The van der Waals surface area contributed by atoms with Gasteiger partial charge < -0.3 is 26.8 Å². The Kier molecular flexibility index (Phi) is 26.8. The second-order valence-electron chi connectivity index (χ2n) is 21.3. The molecule has 1 unspecified atom stereocenters. The highest BCUT2D eigenvalue weighted by Gasteiger charge is 2.35. The molecule has 588 valence electrons. The molecule has 1 atom stereocenters. The molecule has 0 aliphatic carbocycles. The standard InChI is InChI=1S/3C22H10BrF6NO5S.2CH4.H3P/c3*1-34-15-7-11(23)12(24)8-14(15)30-13-4-3-10(6-9(13)2-5-16(30)31)36(32,33)35-22-20(28)18(26)17(25)19(27)21(22)29;;;/h3*2-8H,1H3;2*1H4;1H3. The quantitative estimate of drug-likeness (QED) is 0.0306. The molecule has 0 saturated heterocycles. The Morgan fingerprint density at radius 2 is 0.486 bits per heavy atom. The maximum atomic E-state index is 14.2. The average molecular weight is 1850 g/mol. The summed E-state index contributed by atoms with van der Waals surface area (Å²) >= 11 is 9.00. The predicted molar refractivity (Wildman–Crippen MR) is 378 cm³/mol. The Labute approximate surface area is 640 Å². The number of rotatable bonds is 15. The van der Waals surface area contributed by atoms with Gasteiger partial charge in [-0.25, -0.2) is 52.7 Å². The van der Waals surface area contributed by atoms with E-state index >= 15 is 0 Å². The summed E-state index contributed by atoms with van der Waals surface area (Å²) in [7, 11) is -11.5. The topological polar surface area (TPSA) is 224 Å². The van der Waals surface area contributed by atoms with E-state index in [2.05, 4.69) is 60.3 Å². The van der Waals surface area contributed by atoms with Crippen LogP contribution in [0.5, 0.6) is 34.5 Å². The zero-order valence-corrected chi connectivity index (χ0v) is 62.1. The highest BCUT2D eigenvalue weighted by atomic mass is 79.9. The van der Waals surface area contributed by atoms with E-state index in [4.69, 9.17) is 14.2 Å². The third-order valence-electron chi connectivity index (χ3n) is 14.9. The van der Waals surface area contributed by atoms with Gasteiger partial charge in [0, 0.05) is 52.6 Å². The predicted octanol–water partition coefficient (Wildman–Crippen LogP) is 17.4. The maximum Gasteiger partial charge on any atom is 0.339 e. The first kappa shape index (κ1) is 88.1. The summed E-state index contributed by atoms with van der Waals surface area (Å²) in [6.07, 6.45) is 0. The van der Waals surface area contributed by atoms with Crippen LogP contribution in [0.15, 0.2) is 170 Å². The van der Waals surface area contributed by atoms with Crippen LogP contribution in [-0.2, 0) is 30.4 Å². The van der Waals surface area contributed by atoms with Crippen LogP contribution in [0.2, 0.25) is 0 Å². The normalized spacial score (nSPS) is 11.4. The highest BCUT2D eigenvalue weighted by Crippen LogP contribution is 2.39. The van der Waals surface area contributed by atoms with Crippen molar-refractivity contribution in [2.24, 2.45) is 0 Å². The van der Waals surface area contributed by atoms with Crippen LogP contribution < -0.4 is 43.4 Å². The summed E-state index contributed by atoms with van der Waals surface area (Å²) < 4.78 is 354. The highest BCUT2D eigenvalue weighted by molar-refractivity contribution is 9.11. The summed E-state index contributed by atoms with van der Waals surface area (Å²) in [5.41, 5.74) is -1.80. The molecule has 0 aliphatic rings. The van der Waals surface area contributed by atoms with Crippen molar-refractivity contribution in [1.29, 1.82) is 0 Å². The Morgan fingerprint density at radius 3 is 0.685 bits per heavy atom. The molecule has 0 amide bonds. The SMILES string of the molecule is C.C.COc1cc(Br)c(F)cc1-n1c(=O)ccc2cc(S(=O)(=O)Oc3c(F)c(F)c(F)c(F)c3F)ccc21.COc1cc(Br)c(F)cc1-n1c(=O)ccc2cc(S(=O)(=O)Oc3c(F)c(F)c(F)c(F)c3F)ccc21.COc1cc(Br)c(F)cc1-n1c(=O)ccc2cc(S(=O)(=O)Oc3c(F)c(F)c(F)c(F)c3F)ccc21.P. The molecule has 12 rings (SSSR count). The van der Waals surface area contributed by atoms with E-state index in [-0.39, 0.29) is 105 Å². The number of benzene rings is 9. The Morgan fingerprint density at radius 1 is 0.288 bits per heavy atom. The molecule has 9 aromatic carbocycles. The molecule has 43 heteroatoms. The number of ether oxygens (including phenoxy) is 3. The molecule has 0 aliphatic heterocycles. The first-order valence-corrected chi connectivity index (χ1v) is 35.2. The van der Waals surface area contributed by atoms with E-state index in [0.29, 0.717) is 0 Å². The minimum absolute atomic E-state index is 0. The maximum absolute atomic E-state index is 14.2. The van der Waals surface area contributed by atoms with Crippen LogP contribution in [0.4, 0.5) is 79.0 Å². The first-order chi connectivity index (χ1) is 50.6.